The molecule has 6 nitrogen and oxygen atoms in total. The number of rotatable bonds is 10. The minimum absolute atomic E-state index is 0.0607. The lowest BCUT2D eigenvalue weighted by atomic mass is 10.2. The lowest BCUT2D eigenvalue weighted by Crippen LogP contribution is -2.41. The molecule has 0 aromatic heterocycles. The third-order valence-electron chi connectivity index (χ3n) is 4.11. The zero-order chi connectivity index (χ0) is 21.4. The van der Waals surface area contributed by atoms with Crippen LogP contribution >= 0.6 is 0 Å². The van der Waals surface area contributed by atoms with Gasteiger partial charge in [0.25, 0.3) is 10.0 Å². The summed E-state index contributed by atoms with van der Waals surface area (Å²) in [5.41, 5.74) is 1.13. The number of hydrogen-bond acceptors (Lipinski definition) is 4. The maximum atomic E-state index is 13.3. The van der Waals surface area contributed by atoms with Crippen molar-refractivity contribution in [2.24, 2.45) is 0 Å². The van der Waals surface area contributed by atoms with Crippen molar-refractivity contribution in [1.82, 2.24) is 5.32 Å². The molecule has 1 amide bonds. The molecule has 0 heterocycles. The summed E-state index contributed by atoms with van der Waals surface area (Å²) >= 11 is 0. The van der Waals surface area contributed by atoms with E-state index in [2.05, 4.69) is 5.32 Å². The Bertz CT molecular complexity index is 897. The minimum atomic E-state index is -4.00. The number of hydrogen-bond donors (Lipinski definition) is 1. The van der Waals surface area contributed by atoms with Gasteiger partial charge in [0, 0.05) is 13.2 Å². The molecule has 0 fully saturated rings. The molecular weight excluding hydrogens is 395 g/mol. The van der Waals surface area contributed by atoms with Gasteiger partial charge in [0.1, 0.15) is 12.4 Å². The van der Waals surface area contributed by atoms with Gasteiger partial charge in [0.05, 0.1) is 16.7 Å². The van der Waals surface area contributed by atoms with Crippen LogP contribution in [-0.2, 0) is 19.6 Å². The summed E-state index contributed by atoms with van der Waals surface area (Å²) in [5, 5.41) is 2.70. The van der Waals surface area contributed by atoms with Crippen LogP contribution in [0.15, 0.2) is 53.4 Å². The fourth-order valence-corrected chi connectivity index (χ4v) is 3.99. The number of nitrogens with zero attached hydrogens (tertiary/aromatic N) is 1. The van der Waals surface area contributed by atoms with Crippen molar-refractivity contribution in [2.45, 2.75) is 38.2 Å². The predicted molar refractivity (Wildman–Crippen MR) is 111 cm³/mol. The molecule has 29 heavy (non-hydrogen) atoms. The summed E-state index contributed by atoms with van der Waals surface area (Å²) in [4.78, 5) is 12.5. The molecule has 0 atom stereocenters. The van der Waals surface area contributed by atoms with E-state index in [0.29, 0.717) is 19.6 Å². The first kappa shape index (κ1) is 22.8. The van der Waals surface area contributed by atoms with Crippen molar-refractivity contribution in [3.05, 3.63) is 59.9 Å². The van der Waals surface area contributed by atoms with Gasteiger partial charge in [-0.05, 0) is 63.6 Å². The first-order valence-electron chi connectivity index (χ1n) is 9.43. The zero-order valence-corrected chi connectivity index (χ0v) is 17.7. The molecule has 8 heteroatoms. The Balaban J connectivity index is 2.16. The van der Waals surface area contributed by atoms with Crippen LogP contribution in [0.4, 0.5) is 10.1 Å². The number of carbonyl (C=O) groups excluding carboxylic acids is 1. The molecule has 0 unspecified atom stereocenters. The molecule has 158 valence electrons. The second-order valence-corrected chi connectivity index (χ2v) is 8.79. The number of sulfonamides is 1. The van der Waals surface area contributed by atoms with E-state index >= 15 is 0 Å². The van der Waals surface area contributed by atoms with Crippen molar-refractivity contribution in [2.75, 3.05) is 24.0 Å². The molecule has 0 aliphatic carbocycles. The highest BCUT2D eigenvalue weighted by Crippen LogP contribution is 2.24. The van der Waals surface area contributed by atoms with E-state index in [4.69, 9.17) is 4.74 Å². The smallest absolute Gasteiger partial charge is 0.264 e. The minimum Gasteiger partial charge on any atom is -0.379 e. The Morgan fingerprint density at radius 2 is 1.72 bits per heavy atom. The molecule has 0 saturated carbocycles. The third-order valence-corrected chi connectivity index (χ3v) is 5.89. The Kier molecular flexibility index (Phi) is 8.16. The second kappa shape index (κ2) is 10.4. The van der Waals surface area contributed by atoms with Crippen molar-refractivity contribution in [3.63, 3.8) is 0 Å². The molecule has 0 radical (unpaired) electrons. The predicted octanol–water partition coefficient (Wildman–Crippen LogP) is 3.26. The van der Waals surface area contributed by atoms with Crippen LogP contribution < -0.4 is 9.62 Å². The highest BCUT2D eigenvalue weighted by molar-refractivity contribution is 7.92. The van der Waals surface area contributed by atoms with E-state index < -0.39 is 28.3 Å². The number of nitrogens with one attached hydrogen (secondary N) is 1. The van der Waals surface area contributed by atoms with E-state index in [1.807, 2.05) is 20.8 Å². The SMILES string of the molecule is Cc1ccc(S(=O)(=O)N(CC(=O)NCCCOC(C)C)c2ccc(F)cc2)cc1. The van der Waals surface area contributed by atoms with Crippen molar-refractivity contribution in [3.8, 4) is 0 Å². The lowest BCUT2D eigenvalue weighted by Gasteiger charge is -2.24. The summed E-state index contributed by atoms with van der Waals surface area (Å²) in [7, 11) is -4.00. The Labute approximate surface area is 171 Å². The average Bonchev–Trinajstić information content (AvgIpc) is 2.66. The van der Waals surface area contributed by atoms with E-state index in [9.17, 15) is 17.6 Å². The van der Waals surface area contributed by atoms with Gasteiger partial charge < -0.3 is 10.1 Å². The molecular formula is C21H27FN2O4S. The summed E-state index contributed by atoms with van der Waals surface area (Å²) in [6, 6.07) is 11.3. The maximum absolute atomic E-state index is 13.3. The number of aryl methyl sites for hydroxylation is 1. The van der Waals surface area contributed by atoms with Crippen LogP contribution in [0.25, 0.3) is 0 Å². The van der Waals surface area contributed by atoms with E-state index in [0.717, 1.165) is 22.0 Å². The molecule has 2 aromatic carbocycles. The normalized spacial score (nSPS) is 11.5. The molecule has 0 saturated heterocycles. The first-order valence-corrected chi connectivity index (χ1v) is 10.9. The van der Waals surface area contributed by atoms with E-state index in [1.54, 1.807) is 12.1 Å². The number of carbonyl (C=O) groups is 1. The molecule has 0 bridgehead atoms. The summed E-state index contributed by atoms with van der Waals surface area (Å²) in [6.45, 7) is 6.16. The van der Waals surface area contributed by atoms with Crippen molar-refractivity contribution < 1.29 is 22.3 Å². The van der Waals surface area contributed by atoms with E-state index in [-0.39, 0.29) is 16.7 Å². The zero-order valence-electron chi connectivity index (χ0n) is 16.9. The van der Waals surface area contributed by atoms with Gasteiger partial charge in [-0.2, -0.15) is 0 Å². The third kappa shape index (κ3) is 6.83. The van der Waals surface area contributed by atoms with Gasteiger partial charge in [-0.15, -0.1) is 0 Å². The van der Waals surface area contributed by atoms with Crippen LogP contribution in [0.5, 0.6) is 0 Å². The largest absolute Gasteiger partial charge is 0.379 e. The Morgan fingerprint density at radius 3 is 2.31 bits per heavy atom. The molecule has 0 spiro atoms. The van der Waals surface area contributed by atoms with Gasteiger partial charge in [-0.1, -0.05) is 17.7 Å². The average molecular weight is 423 g/mol. The van der Waals surface area contributed by atoms with Crippen LogP contribution in [0.3, 0.4) is 0 Å². The molecule has 1 N–H and O–H groups in total. The maximum Gasteiger partial charge on any atom is 0.264 e. The quantitative estimate of drug-likeness (QED) is 0.597. The molecule has 2 aromatic rings. The second-order valence-electron chi connectivity index (χ2n) is 6.92. The number of ether oxygens (including phenoxy) is 1. The lowest BCUT2D eigenvalue weighted by molar-refractivity contribution is -0.119. The van der Waals surface area contributed by atoms with Crippen molar-refractivity contribution >= 4 is 21.6 Å². The highest BCUT2D eigenvalue weighted by atomic mass is 32.2. The monoisotopic (exact) mass is 422 g/mol. The van der Waals surface area contributed by atoms with Gasteiger partial charge in [-0.3, -0.25) is 9.10 Å². The number of anilines is 1. The number of halogens is 1. The Hall–Kier alpha value is -2.45. The topological polar surface area (TPSA) is 75.7 Å². The Morgan fingerprint density at radius 1 is 1.10 bits per heavy atom. The highest BCUT2D eigenvalue weighted by Gasteiger charge is 2.27. The van der Waals surface area contributed by atoms with Crippen LogP contribution in [0.2, 0.25) is 0 Å². The van der Waals surface area contributed by atoms with Gasteiger partial charge in [-0.25, -0.2) is 12.8 Å². The molecule has 2 rings (SSSR count). The van der Waals surface area contributed by atoms with Gasteiger partial charge in [0.15, 0.2) is 0 Å². The van der Waals surface area contributed by atoms with Crippen molar-refractivity contribution in [1.29, 1.82) is 0 Å². The summed E-state index contributed by atoms with van der Waals surface area (Å²) in [6.07, 6.45) is 0.727. The van der Waals surface area contributed by atoms with Gasteiger partial charge in [0.2, 0.25) is 5.91 Å². The number of amides is 1. The van der Waals surface area contributed by atoms with Crippen LogP contribution in [0, 0.1) is 12.7 Å². The van der Waals surface area contributed by atoms with Gasteiger partial charge >= 0.3 is 0 Å². The first-order chi connectivity index (χ1) is 13.7. The molecule has 0 aliphatic heterocycles. The summed E-state index contributed by atoms with van der Waals surface area (Å²) in [5.74, 6) is -0.939. The van der Waals surface area contributed by atoms with Crippen LogP contribution in [-0.4, -0.2) is 40.1 Å². The standard InChI is InChI=1S/C21H27FN2O4S/c1-16(2)28-14-4-13-23-21(25)15-24(19-9-7-18(22)8-10-19)29(26,27)20-11-5-17(3)6-12-20/h5-12,16H,4,13-15H2,1-3H3,(H,23,25). The fourth-order valence-electron chi connectivity index (χ4n) is 2.57. The summed E-state index contributed by atoms with van der Waals surface area (Å²) < 4.78 is 46.0. The van der Waals surface area contributed by atoms with Crippen LogP contribution in [0.1, 0.15) is 25.8 Å². The molecule has 0 aliphatic rings. The van der Waals surface area contributed by atoms with E-state index in [1.165, 1.54) is 24.3 Å². The fraction of sp³-hybridized carbons (Fsp3) is 0.381. The number of benzene rings is 2.